The van der Waals surface area contributed by atoms with Crippen molar-refractivity contribution in [1.29, 1.82) is 0 Å². The van der Waals surface area contributed by atoms with E-state index in [1.807, 2.05) is 0 Å². The highest BCUT2D eigenvalue weighted by Gasteiger charge is 2.21. The molecule has 1 amide bonds. The second kappa shape index (κ2) is 10.3. The summed E-state index contributed by atoms with van der Waals surface area (Å²) in [6.07, 6.45) is -0.0845. The predicted octanol–water partition coefficient (Wildman–Crippen LogP) is 2.61. The standard InChI is InChI=1S/C23H23NO8/c1-28-18-8-5-15(10-20(18)29-2)17(12-23(27)30-3)24-21(25)13-31-16-7-4-14-6-9-22(26)32-19(14)11-16/h4-11,17H,12-13H2,1-3H3,(H,24,25). The second-order valence-electron chi connectivity index (χ2n) is 6.76. The number of esters is 1. The lowest BCUT2D eigenvalue weighted by Crippen LogP contribution is -2.34. The Kier molecular flexibility index (Phi) is 7.33. The molecule has 0 aliphatic carbocycles. The van der Waals surface area contributed by atoms with Crippen LogP contribution < -0.4 is 25.2 Å². The SMILES string of the molecule is COC(=O)CC(NC(=O)COc1ccc2ccc(=O)oc2c1)c1ccc(OC)c(OC)c1. The van der Waals surface area contributed by atoms with Gasteiger partial charge < -0.3 is 28.7 Å². The molecule has 1 atom stereocenters. The highest BCUT2D eigenvalue weighted by molar-refractivity contribution is 5.80. The summed E-state index contributed by atoms with van der Waals surface area (Å²) in [7, 11) is 4.28. The van der Waals surface area contributed by atoms with Crippen LogP contribution in [0.3, 0.4) is 0 Å². The Morgan fingerprint density at radius 1 is 0.969 bits per heavy atom. The molecule has 2 aromatic carbocycles. The van der Waals surface area contributed by atoms with Gasteiger partial charge in [0.1, 0.15) is 11.3 Å². The zero-order valence-electron chi connectivity index (χ0n) is 17.9. The van der Waals surface area contributed by atoms with Gasteiger partial charge in [0.05, 0.1) is 33.8 Å². The third kappa shape index (κ3) is 5.57. The Hall–Kier alpha value is -4.01. The van der Waals surface area contributed by atoms with Gasteiger partial charge in [0.15, 0.2) is 18.1 Å². The van der Waals surface area contributed by atoms with Crippen LogP contribution in [-0.2, 0) is 14.3 Å². The number of carbonyl (C=O) groups is 2. The van der Waals surface area contributed by atoms with Gasteiger partial charge in [0, 0.05) is 17.5 Å². The largest absolute Gasteiger partial charge is 0.493 e. The van der Waals surface area contributed by atoms with Crippen LogP contribution in [0.2, 0.25) is 0 Å². The lowest BCUT2D eigenvalue weighted by molar-refractivity contribution is -0.141. The molecule has 9 heteroatoms. The predicted molar refractivity (Wildman–Crippen MR) is 115 cm³/mol. The minimum atomic E-state index is -0.673. The van der Waals surface area contributed by atoms with Crippen molar-refractivity contribution in [2.75, 3.05) is 27.9 Å². The van der Waals surface area contributed by atoms with Crippen LogP contribution in [0.25, 0.3) is 11.0 Å². The minimum Gasteiger partial charge on any atom is -0.493 e. The number of hydrogen-bond acceptors (Lipinski definition) is 8. The third-order valence-corrected chi connectivity index (χ3v) is 4.71. The zero-order valence-corrected chi connectivity index (χ0v) is 17.9. The average Bonchev–Trinajstić information content (AvgIpc) is 2.81. The number of carbonyl (C=O) groups excluding carboxylic acids is 2. The van der Waals surface area contributed by atoms with E-state index in [9.17, 15) is 14.4 Å². The van der Waals surface area contributed by atoms with E-state index in [-0.39, 0.29) is 13.0 Å². The normalized spacial score (nSPS) is 11.5. The van der Waals surface area contributed by atoms with Crippen molar-refractivity contribution in [3.8, 4) is 17.2 Å². The molecule has 0 aliphatic rings. The molecule has 0 saturated heterocycles. The first-order valence-corrected chi connectivity index (χ1v) is 9.68. The van der Waals surface area contributed by atoms with Gasteiger partial charge in [0.2, 0.25) is 0 Å². The average molecular weight is 441 g/mol. The van der Waals surface area contributed by atoms with E-state index in [4.69, 9.17) is 23.4 Å². The summed E-state index contributed by atoms with van der Waals surface area (Å²) in [5.74, 6) is 0.394. The summed E-state index contributed by atoms with van der Waals surface area (Å²) in [5.41, 5.74) is 0.506. The molecule has 32 heavy (non-hydrogen) atoms. The molecule has 3 aromatic rings. The summed E-state index contributed by atoms with van der Waals surface area (Å²) in [4.78, 5) is 35.8. The highest BCUT2D eigenvalue weighted by Crippen LogP contribution is 2.31. The zero-order chi connectivity index (χ0) is 23.1. The van der Waals surface area contributed by atoms with E-state index in [1.165, 1.54) is 33.5 Å². The van der Waals surface area contributed by atoms with Crippen LogP contribution in [0.15, 0.2) is 57.7 Å². The third-order valence-electron chi connectivity index (χ3n) is 4.71. The van der Waals surface area contributed by atoms with Gasteiger partial charge in [-0.2, -0.15) is 0 Å². The van der Waals surface area contributed by atoms with E-state index in [2.05, 4.69) is 5.32 Å². The molecular weight excluding hydrogens is 418 g/mol. The molecule has 0 radical (unpaired) electrons. The van der Waals surface area contributed by atoms with Gasteiger partial charge in [-0.3, -0.25) is 9.59 Å². The fraction of sp³-hybridized carbons (Fsp3) is 0.261. The number of hydrogen-bond donors (Lipinski definition) is 1. The smallest absolute Gasteiger partial charge is 0.336 e. The van der Waals surface area contributed by atoms with Crippen molar-refractivity contribution < 1.29 is 33.0 Å². The van der Waals surface area contributed by atoms with E-state index < -0.39 is 23.5 Å². The Balaban J connectivity index is 1.72. The molecule has 0 fully saturated rings. The van der Waals surface area contributed by atoms with Crippen molar-refractivity contribution in [2.45, 2.75) is 12.5 Å². The molecule has 1 heterocycles. The van der Waals surface area contributed by atoms with E-state index in [1.54, 1.807) is 36.4 Å². The first kappa shape index (κ1) is 22.7. The lowest BCUT2D eigenvalue weighted by atomic mass is 10.0. The quantitative estimate of drug-likeness (QED) is 0.398. The van der Waals surface area contributed by atoms with Crippen molar-refractivity contribution in [1.82, 2.24) is 5.32 Å². The Morgan fingerprint density at radius 3 is 2.44 bits per heavy atom. The molecule has 0 spiro atoms. The monoisotopic (exact) mass is 441 g/mol. The topological polar surface area (TPSA) is 113 Å². The van der Waals surface area contributed by atoms with Gasteiger partial charge in [-0.15, -0.1) is 0 Å². The second-order valence-corrected chi connectivity index (χ2v) is 6.76. The summed E-state index contributed by atoms with van der Waals surface area (Å²) < 4.78 is 25.9. The molecule has 1 N–H and O–H groups in total. The maximum atomic E-state index is 12.5. The summed E-state index contributed by atoms with van der Waals surface area (Å²) in [6.45, 7) is -0.312. The van der Waals surface area contributed by atoms with Gasteiger partial charge in [-0.1, -0.05) is 6.07 Å². The van der Waals surface area contributed by atoms with E-state index in [0.29, 0.717) is 28.4 Å². The van der Waals surface area contributed by atoms with Crippen molar-refractivity contribution in [3.05, 3.63) is 64.5 Å². The number of amides is 1. The lowest BCUT2D eigenvalue weighted by Gasteiger charge is -2.20. The first-order valence-electron chi connectivity index (χ1n) is 9.68. The van der Waals surface area contributed by atoms with Gasteiger partial charge in [-0.25, -0.2) is 4.79 Å². The van der Waals surface area contributed by atoms with Gasteiger partial charge in [0.25, 0.3) is 5.91 Å². The van der Waals surface area contributed by atoms with Crippen LogP contribution in [0.1, 0.15) is 18.0 Å². The fourth-order valence-electron chi connectivity index (χ4n) is 3.09. The number of ether oxygens (including phenoxy) is 4. The molecule has 0 bridgehead atoms. The van der Waals surface area contributed by atoms with Crippen LogP contribution >= 0.6 is 0 Å². The van der Waals surface area contributed by atoms with Crippen LogP contribution in [-0.4, -0.2) is 39.8 Å². The number of benzene rings is 2. The van der Waals surface area contributed by atoms with Gasteiger partial charge >= 0.3 is 11.6 Å². The number of methoxy groups -OCH3 is 3. The Labute approximate surface area is 183 Å². The molecule has 0 aliphatic heterocycles. The molecule has 1 unspecified atom stereocenters. The molecule has 1 aromatic heterocycles. The number of nitrogens with one attached hydrogen (secondary N) is 1. The Bertz CT molecular complexity index is 1170. The van der Waals surface area contributed by atoms with Crippen LogP contribution in [0.5, 0.6) is 17.2 Å². The van der Waals surface area contributed by atoms with Crippen molar-refractivity contribution in [3.63, 3.8) is 0 Å². The molecule has 3 rings (SSSR count). The fourth-order valence-corrected chi connectivity index (χ4v) is 3.09. The summed E-state index contributed by atoms with van der Waals surface area (Å²) in [6, 6.07) is 12.3. The van der Waals surface area contributed by atoms with Gasteiger partial charge in [-0.05, 0) is 35.9 Å². The van der Waals surface area contributed by atoms with Crippen molar-refractivity contribution >= 4 is 22.8 Å². The molecule has 9 nitrogen and oxygen atoms in total. The van der Waals surface area contributed by atoms with E-state index in [0.717, 1.165) is 5.39 Å². The maximum Gasteiger partial charge on any atom is 0.336 e. The maximum absolute atomic E-state index is 12.5. The van der Waals surface area contributed by atoms with Crippen LogP contribution in [0, 0.1) is 0 Å². The summed E-state index contributed by atoms with van der Waals surface area (Å²) >= 11 is 0. The molecule has 168 valence electrons. The van der Waals surface area contributed by atoms with Crippen molar-refractivity contribution in [2.24, 2.45) is 0 Å². The first-order chi connectivity index (χ1) is 15.4. The minimum absolute atomic E-state index is 0.0845. The molecule has 0 saturated carbocycles. The summed E-state index contributed by atoms with van der Waals surface area (Å²) in [5, 5.41) is 3.50. The highest BCUT2D eigenvalue weighted by atomic mass is 16.5. The number of fused-ring (bicyclic) bond motifs is 1. The van der Waals surface area contributed by atoms with Crippen LogP contribution in [0.4, 0.5) is 0 Å². The molecular formula is C23H23NO8. The number of rotatable bonds is 9. The van der Waals surface area contributed by atoms with E-state index >= 15 is 0 Å². The Morgan fingerprint density at radius 2 is 1.72 bits per heavy atom.